The predicted octanol–water partition coefficient (Wildman–Crippen LogP) is 2.97. The monoisotopic (exact) mass is 291 g/mol. The summed E-state index contributed by atoms with van der Waals surface area (Å²) in [4.78, 5) is 5.32. The minimum absolute atomic E-state index is 0.158. The lowest BCUT2D eigenvalue weighted by molar-refractivity contribution is 0.0692. The molecule has 0 spiro atoms. The van der Waals surface area contributed by atoms with Crippen LogP contribution in [-0.4, -0.2) is 21.6 Å². The quantitative estimate of drug-likeness (QED) is 0.872. The third-order valence-electron chi connectivity index (χ3n) is 3.45. The molecular weight excluding hydrogens is 276 g/mol. The van der Waals surface area contributed by atoms with Gasteiger partial charge in [-0.15, -0.1) is 0 Å². The Morgan fingerprint density at radius 1 is 1.29 bits per heavy atom. The van der Waals surface area contributed by atoms with E-state index in [-0.39, 0.29) is 11.7 Å². The third-order valence-corrected chi connectivity index (χ3v) is 3.45. The maximum absolute atomic E-state index is 13.7. The summed E-state index contributed by atoms with van der Waals surface area (Å²) in [5, 5.41) is 8.25. The molecule has 0 fully saturated rings. The normalized spacial score (nSPS) is 17.7. The number of hydrogen-bond donors (Lipinski definition) is 0. The van der Waals surface area contributed by atoms with Crippen molar-refractivity contribution in [3.63, 3.8) is 0 Å². The van der Waals surface area contributed by atoms with E-state index < -0.39 is 11.6 Å². The van der Waals surface area contributed by atoms with Crippen LogP contribution >= 0.6 is 0 Å². The zero-order chi connectivity index (χ0) is 15.0. The smallest absolute Gasteiger partial charge is 0.152 e. The molecule has 1 aliphatic rings. The first-order valence-corrected chi connectivity index (χ1v) is 6.72. The van der Waals surface area contributed by atoms with Gasteiger partial charge in [-0.05, 0) is 38.1 Å². The van der Waals surface area contributed by atoms with Crippen LogP contribution in [0.25, 0.3) is 0 Å². The van der Waals surface area contributed by atoms with Gasteiger partial charge in [-0.25, -0.2) is 8.78 Å². The summed E-state index contributed by atoms with van der Waals surface area (Å²) in [6.45, 7) is 4.41. The highest BCUT2D eigenvalue weighted by Crippen LogP contribution is 2.21. The van der Waals surface area contributed by atoms with E-state index in [9.17, 15) is 8.78 Å². The van der Waals surface area contributed by atoms with E-state index in [0.717, 1.165) is 29.6 Å². The van der Waals surface area contributed by atoms with Gasteiger partial charge in [-0.3, -0.25) is 4.68 Å². The van der Waals surface area contributed by atoms with Gasteiger partial charge in [0.2, 0.25) is 0 Å². The molecule has 6 heteroatoms. The molecule has 1 aliphatic heterocycles. The predicted molar refractivity (Wildman–Crippen MR) is 74.1 cm³/mol. The van der Waals surface area contributed by atoms with Crippen molar-refractivity contribution in [2.45, 2.75) is 32.9 Å². The molecule has 0 aliphatic carbocycles. The number of rotatable bonds is 3. The first kappa shape index (κ1) is 13.7. The highest BCUT2D eigenvalue weighted by atomic mass is 19.1. The number of oxime groups is 1. The van der Waals surface area contributed by atoms with Crippen molar-refractivity contribution in [1.29, 1.82) is 0 Å². The average Bonchev–Trinajstić information content (AvgIpc) is 3.00. The largest absolute Gasteiger partial charge is 0.390 e. The highest BCUT2D eigenvalue weighted by molar-refractivity contribution is 6.01. The van der Waals surface area contributed by atoms with Gasteiger partial charge >= 0.3 is 0 Å². The standard InChI is InChI=1S/C15H15F2N3O/c1-9-5-10(2)20(18-9)8-12-7-15(19-21-12)13-6-11(16)3-4-14(13)17/h3-6,12H,7-8H2,1-2H3. The molecule has 2 aromatic rings. The van der Waals surface area contributed by atoms with E-state index in [1.165, 1.54) is 0 Å². The van der Waals surface area contributed by atoms with Crippen molar-refractivity contribution in [2.24, 2.45) is 5.16 Å². The Labute approximate surface area is 121 Å². The molecule has 2 heterocycles. The first-order chi connectivity index (χ1) is 10.0. The van der Waals surface area contributed by atoms with Crippen molar-refractivity contribution in [3.05, 3.63) is 52.9 Å². The molecule has 1 aromatic heterocycles. The summed E-state index contributed by atoms with van der Waals surface area (Å²) in [5.41, 5.74) is 2.55. The number of benzene rings is 1. The molecule has 0 saturated heterocycles. The van der Waals surface area contributed by atoms with Crippen LogP contribution < -0.4 is 0 Å². The fraction of sp³-hybridized carbons (Fsp3) is 0.333. The van der Waals surface area contributed by atoms with Crippen molar-refractivity contribution in [2.75, 3.05) is 0 Å². The van der Waals surface area contributed by atoms with Crippen LogP contribution in [0.5, 0.6) is 0 Å². The Hall–Kier alpha value is -2.24. The van der Waals surface area contributed by atoms with Gasteiger partial charge in [0, 0.05) is 17.7 Å². The van der Waals surface area contributed by atoms with Gasteiger partial charge < -0.3 is 4.84 Å². The minimum Gasteiger partial charge on any atom is -0.390 e. The molecule has 0 saturated carbocycles. The van der Waals surface area contributed by atoms with Crippen LogP contribution in [0.2, 0.25) is 0 Å². The minimum atomic E-state index is -0.495. The van der Waals surface area contributed by atoms with Gasteiger partial charge in [0.05, 0.1) is 18.0 Å². The van der Waals surface area contributed by atoms with Crippen LogP contribution in [0.1, 0.15) is 23.4 Å². The van der Waals surface area contributed by atoms with Crippen LogP contribution in [0.15, 0.2) is 29.4 Å². The van der Waals surface area contributed by atoms with E-state index in [2.05, 4.69) is 10.3 Å². The topological polar surface area (TPSA) is 39.4 Å². The van der Waals surface area contributed by atoms with Gasteiger partial charge in [0.1, 0.15) is 11.6 Å². The van der Waals surface area contributed by atoms with Gasteiger partial charge in [0.25, 0.3) is 0 Å². The summed E-state index contributed by atoms with van der Waals surface area (Å²) < 4.78 is 28.8. The van der Waals surface area contributed by atoms with E-state index in [1.54, 1.807) is 0 Å². The van der Waals surface area contributed by atoms with Crippen LogP contribution in [-0.2, 0) is 11.4 Å². The third kappa shape index (κ3) is 2.79. The van der Waals surface area contributed by atoms with Crippen LogP contribution in [0, 0.1) is 25.5 Å². The lowest BCUT2D eigenvalue weighted by atomic mass is 10.0. The molecule has 110 valence electrons. The Bertz CT molecular complexity index is 709. The zero-order valence-electron chi connectivity index (χ0n) is 11.8. The maximum atomic E-state index is 13.7. The van der Waals surface area contributed by atoms with Crippen molar-refractivity contribution in [3.8, 4) is 0 Å². The van der Waals surface area contributed by atoms with E-state index in [1.807, 2.05) is 24.6 Å². The molecule has 3 rings (SSSR count). The summed E-state index contributed by atoms with van der Waals surface area (Å²) in [5.74, 6) is -0.985. The highest BCUT2D eigenvalue weighted by Gasteiger charge is 2.25. The summed E-state index contributed by atoms with van der Waals surface area (Å²) >= 11 is 0. The molecule has 1 atom stereocenters. The SMILES string of the molecule is Cc1cc(C)n(CC2CC(c3cc(F)ccc3F)=NO2)n1. The zero-order valence-corrected chi connectivity index (χ0v) is 11.8. The molecular formula is C15H15F2N3O. The molecule has 1 unspecified atom stereocenters. The fourth-order valence-corrected chi connectivity index (χ4v) is 2.46. The van der Waals surface area contributed by atoms with E-state index in [0.29, 0.717) is 18.7 Å². The van der Waals surface area contributed by atoms with Crippen LogP contribution in [0.3, 0.4) is 0 Å². The number of aryl methyl sites for hydroxylation is 2. The second-order valence-corrected chi connectivity index (χ2v) is 5.20. The molecule has 0 radical (unpaired) electrons. The first-order valence-electron chi connectivity index (χ1n) is 6.72. The number of aromatic nitrogens is 2. The Morgan fingerprint density at radius 3 is 2.81 bits per heavy atom. The Kier molecular flexibility index (Phi) is 3.45. The van der Waals surface area contributed by atoms with Crippen molar-refractivity contribution >= 4 is 5.71 Å². The maximum Gasteiger partial charge on any atom is 0.152 e. The molecule has 4 nitrogen and oxygen atoms in total. The summed E-state index contributed by atoms with van der Waals surface area (Å²) in [6, 6.07) is 5.30. The van der Waals surface area contributed by atoms with Crippen LogP contribution in [0.4, 0.5) is 8.78 Å². The molecule has 0 amide bonds. The number of nitrogens with zero attached hydrogens (tertiary/aromatic N) is 3. The molecule has 0 bridgehead atoms. The number of halogens is 2. The van der Waals surface area contributed by atoms with E-state index >= 15 is 0 Å². The second-order valence-electron chi connectivity index (χ2n) is 5.20. The average molecular weight is 291 g/mol. The van der Waals surface area contributed by atoms with Gasteiger partial charge in [-0.1, -0.05) is 5.16 Å². The van der Waals surface area contributed by atoms with Crippen molar-refractivity contribution in [1.82, 2.24) is 9.78 Å². The fourth-order valence-electron chi connectivity index (χ4n) is 2.46. The lowest BCUT2D eigenvalue weighted by Gasteiger charge is -2.09. The second kappa shape index (κ2) is 5.27. The van der Waals surface area contributed by atoms with E-state index in [4.69, 9.17) is 4.84 Å². The summed E-state index contributed by atoms with van der Waals surface area (Å²) in [6.07, 6.45) is 0.208. The Balaban J connectivity index is 1.73. The number of hydrogen-bond acceptors (Lipinski definition) is 3. The van der Waals surface area contributed by atoms with Gasteiger partial charge in [0.15, 0.2) is 6.10 Å². The lowest BCUT2D eigenvalue weighted by Crippen LogP contribution is -2.19. The molecule has 21 heavy (non-hydrogen) atoms. The molecule has 1 aromatic carbocycles. The molecule has 0 N–H and O–H groups in total. The Morgan fingerprint density at radius 2 is 2.10 bits per heavy atom. The van der Waals surface area contributed by atoms with Gasteiger partial charge in [-0.2, -0.15) is 5.10 Å². The summed E-state index contributed by atoms with van der Waals surface area (Å²) in [7, 11) is 0. The van der Waals surface area contributed by atoms with Crippen molar-refractivity contribution < 1.29 is 13.6 Å².